The van der Waals surface area contributed by atoms with Gasteiger partial charge in [0.15, 0.2) is 0 Å². The van der Waals surface area contributed by atoms with Crippen LogP contribution in [0.1, 0.15) is 18.1 Å². The van der Waals surface area contributed by atoms with Crippen LogP contribution in [0.25, 0.3) is 5.57 Å². The molecule has 0 radical (unpaired) electrons. The Bertz CT molecular complexity index is 527. The lowest BCUT2D eigenvalue weighted by Crippen LogP contribution is -2.11. The summed E-state index contributed by atoms with van der Waals surface area (Å²) in [7, 11) is 0. The molecule has 1 unspecified atom stereocenters. The molecule has 0 aromatic heterocycles. The van der Waals surface area contributed by atoms with E-state index in [9.17, 15) is 0 Å². The molecule has 0 spiro atoms. The summed E-state index contributed by atoms with van der Waals surface area (Å²) in [5, 5.41) is 0. The first kappa shape index (κ1) is 13.1. The van der Waals surface area contributed by atoms with Crippen molar-refractivity contribution in [3.8, 4) is 0 Å². The Labute approximate surface area is 116 Å². The summed E-state index contributed by atoms with van der Waals surface area (Å²) in [5.41, 5.74) is 9.46. The average Bonchev–Trinajstić information content (AvgIpc) is 2.38. The van der Waals surface area contributed by atoms with Gasteiger partial charge < -0.3 is 5.73 Å². The van der Waals surface area contributed by atoms with Crippen LogP contribution in [-0.4, -0.2) is 6.04 Å². The van der Waals surface area contributed by atoms with E-state index < -0.39 is 0 Å². The summed E-state index contributed by atoms with van der Waals surface area (Å²) in [5.74, 6) is 0. The summed E-state index contributed by atoms with van der Waals surface area (Å²) < 4.78 is 1.08. The van der Waals surface area contributed by atoms with Crippen LogP contribution in [0.5, 0.6) is 0 Å². The van der Waals surface area contributed by atoms with E-state index in [1.807, 2.05) is 37.3 Å². The van der Waals surface area contributed by atoms with Crippen LogP contribution >= 0.6 is 15.9 Å². The van der Waals surface area contributed by atoms with Crippen LogP contribution in [0, 0.1) is 0 Å². The molecular formula is C16H16BrN. The van der Waals surface area contributed by atoms with Gasteiger partial charge in [-0.05, 0) is 35.8 Å². The first-order chi connectivity index (χ1) is 8.66. The Morgan fingerprint density at radius 1 is 1.00 bits per heavy atom. The van der Waals surface area contributed by atoms with Gasteiger partial charge in [-0.2, -0.15) is 0 Å². The lowest BCUT2D eigenvalue weighted by molar-refractivity contribution is 0.928. The third-order valence-corrected chi connectivity index (χ3v) is 3.20. The molecule has 18 heavy (non-hydrogen) atoms. The number of rotatable bonds is 3. The zero-order valence-corrected chi connectivity index (χ0v) is 11.9. The van der Waals surface area contributed by atoms with Crippen LogP contribution in [0.4, 0.5) is 0 Å². The largest absolute Gasteiger partial charge is 0.325 e. The van der Waals surface area contributed by atoms with Crippen LogP contribution in [-0.2, 0) is 0 Å². The Balaban J connectivity index is 2.47. The van der Waals surface area contributed by atoms with Gasteiger partial charge in [0.05, 0.1) is 0 Å². The predicted molar refractivity (Wildman–Crippen MR) is 81.3 cm³/mol. The lowest BCUT2D eigenvalue weighted by atomic mass is 9.96. The molecule has 92 valence electrons. The molecule has 0 aliphatic heterocycles. The lowest BCUT2D eigenvalue weighted by Gasteiger charge is -2.10. The van der Waals surface area contributed by atoms with Gasteiger partial charge in [0.1, 0.15) is 0 Å². The molecule has 0 fully saturated rings. The molecule has 2 N–H and O–H groups in total. The highest BCUT2D eigenvalue weighted by molar-refractivity contribution is 9.10. The molecule has 2 aromatic carbocycles. The standard InChI is InChI=1S/C16H16BrN/c1-12(18)11-16(13-5-3-2-4-6-13)14-7-9-15(17)10-8-14/h2-12H,18H2,1H3/b16-11-. The first-order valence-electron chi connectivity index (χ1n) is 5.95. The van der Waals surface area contributed by atoms with Crippen molar-refractivity contribution in [3.63, 3.8) is 0 Å². The summed E-state index contributed by atoms with van der Waals surface area (Å²) in [6.07, 6.45) is 2.10. The summed E-state index contributed by atoms with van der Waals surface area (Å²) in [4.78, 5) is 0. The van der Waals surface area contributed by atoms with E-state index in [2.05, 4.69) is 46.3 Å². The quantitative estimate of drug-likeness (QED) is 0.902. The van der Waals surface area contributed by atoms with E-state index in [0.717, 1.165) is 4.47 Å². The Kier molecular flexibility index (Phi) is 4.34. The predicted octanol–water partition coefficient (Wildman–Crippen LogP) is 4.23. The van der Waals surface area contributed by atoms with Crippen molar-refractivity contribution in [2.45, 2.75) is 13.0 Å². The maximum atomic E-state index is 5.91. The van der Waals surface area contributed by atoms with Crippen LogP contribution in [0.15, 0.2) is 65.1 Å². The molecule has 0 aliphatic rings. The van der Waals surface area contributed by atoms with Gasteiger partial charge in [0, 0.05) is 10.5 Å². The zero-order chi connectivity index (χ0) is 13.0. The highest BCUT2D eigenvalue weighted by atomic mass is 79.9. The second-order valence-electron chi connectivity index (χ2n) is 4.31. The van der Waals surface area contributed by atoms with Crippen molar-refractivity contribution in [1.82, 2.24) is 0 Å². The molecule has 0 saturated carbocycles. The van der Waals surface area contributed by atoms with Crippen LogP contribution < -0.4 is 5.73 Å². The van der Waals surface area contributed by atoms with Gasteiger partial charge in [-0.3, -0.25) is 0 Å². The van der Waals surface area contributed by atoms with Crippen molar-refractivity contribution < 1.29 is 0 Å². The van der Waals surface area contributed by atoms with E-state index in [4.69, 9.17) is 5.73 Å². The molecular weight excluding hydrogens is 286 g/mol. The molecule has 1 nitrogen and oxygen atoms in total. The third-order valence-electron chi connectivity index (χ3n) is 2.67. The van der Waals surface area contributed by atoms with Crippen molar-refractivity contribution in [3.05, 3.63) is 76.3 Å². The summed E-state index contributed by atoms with van der Waals surface area (Å²) >= 11 is 3.46. The van der Waals surface area contributed by atoms with Gasteiger partial charge >= 0.3 is 0 Å². The number of hydrogen-bond acceptors (Lipinski definition) is 1. The fourth-order valence-electron chi connectivity index (χ4n) is 1.87. The van der Waals surface area contributed by atoms with Crippen LogP contribution in [0.2, 0.25) is 0 Å². The summed E-state index contributed by atoms with van der Waals surface area (Å²) in [6.45, 7) is 1.99. The second kappa shape index (κ2) is 5.98. The maximum Gasteiger partial charge on any atom is 0.0204 e. The molecule has 0 heterocycles. The maximum absolute atomic E-state index is 5.91. The molecule has 2 rings (SSSR count). The molecule has 0 bridgehead atoms. The van der Waals surface area contributed by atoms with E-state index in [-0.39, 0.29) is 6.04 Å². The normalized spacial score (nSPS) is 13.4. The molecule has 2 aromatic rings. The first-order valence-corrected chi connectivity index (χ1v) is 6.75. The van der Waals surface area contributed by atoms with Gasteiger partial charge in [-0.1, -0.05) is 64.5 Å². The molecule has 2 heteroatoms. The van der Waals surface area contributed by atoms with E-state index in [1.165, 1.54) is 16.7 Å². The average molecular weight is 302 g/mol. The number of halogens is 1. The number of nitrogens with two attached hydrogens (primary N) is 1. The number of hydrogen-bond donors (Lipinski definition) is 1. The topological polar surface area (TPSA) is 26.0 Å². The SMILES string of the molecule is CC(N)/C=C(/c1ccccc1)c1ccc(Br)cc1. The highest BCUT2D eigenvalue weighted by Crippen LogP contribution is 2.25. The highest BCUT2D eigenvalue weighted by Gasteiger charge is 2.05. The Hall–Kier alpha value is -1.38. The second-order valence-corrected chi connectivity index (χ2v) is 5.23. The minimum atomic E-state index is 0.0313. The minimum Gasteiger partial charge on any atom is -0.325 e. The van der Waals surface area contributed by atoms with E-state index in [1.54, 1.807) is 0 Å². The smallest absolute Gasteiger partial charge is 0.0204 e. The van der Waals surface area contributed by atoms with Gasteiger partial charge in [0.2, 0.25) is 0 Å². The van der Waals surface area contributed by atoms with Crippen molar-refractivity contribution in [1.29, 1.82) is 0 Å². The molecule has 0 aliphatic carbocycles. The van der Waals surface area contributed by atoms with E-state index >= 15 is 0 Å². The van der Waals surface area contributed by atoms with Gasteiger partial charge in [-0.15, -0.1) is 0 Å². The molecule has 0 saturated heterocycles. The van der Waals surface area contributed by atoms with E-state index in [0.29, 0.717) is 0 Å². The van der Waals surface area contributed by atoms with Gasteiger partial charge in [-0.25, -0.2) is 0 Å². The minimum absolute atomic E-state index is 0.0313. The fourth-order valence-corrected chi connectivity index (χ4v) is 2.13. The third kappa shape index (κ3) is 3.31. The Morgan fingerprint density at radius 3 is 2.11 bits per heavy atom. The Morgan fingerprint density at radius 2 is 1.56 bits per heavy atom. The summed E-state index contributed by atoms with van der Waals surface area (Å²) in [6, 6.07) is 18.7. The zero-order valence-electron chi connectivity index (χ0n) is 10.3. The van der Waals surface area contributed by atoms with Gasteiger partial charge in [0.25, 0.3) is 0 Å². The fraction of sp³-hybridized carbons (Fsp3) is 0.125. The number of benzene rings is 2. The van der Waals surface area contributed by atoms with Crippen molar-refractivity contribution in [2.75, 3.05) is 0 Å². The monoisotopic (exact) mass is 301 g/mol. The van der Waals surface area contributed by atoms with Crippen molar-refractivity contribution >= 4 is 21.5 Å². The molecule has 1 atom stereocenters. The van der Waals surface area contributed by atoms with Crippen LogP contribution in [0.3, 0.4) is 0 Å². The molecule has 0 amide bonds. The van der Waals surface area contributed by atoms with Crippen molar-refractivity contribution in [2.24, 2.45) is 5.73 Å².